The second-order valence-electron chi connectivity index (χ2n) is 13.5. The first-order chi connectivity index (χ1) is 14.8. The van der Waals surface area contributed by atoms with Crippen LogP contribution in [0.3, 0.4) is 0 Å². The molecule has 5 fully saturated rings. The molecular formula is C29H50S2. The van der Waals surface area contributed by atoms with E-state index in [-0.39, 0.29) is 0 Å². The fourth-order valence-electron chi connectivity index (χ4n) is 9.98. The third-order valence-electron chi connectivity index (χ3n) is 11.7. The van der Waals surface area contributed by atoms with E-state index in [1.54, 1.807) is 44.9 Å². The Morgan fingerprint density at radius 2 is 1.52 bits per heavy atom. The van der Waals surface area contributed by atoms with Crippen molar-refractivity contribution in [2.24, 2.45) is 52.3 Å². The summed E-state index contributed by atoms with van der Waals surface area (Å²) in [6.07, 6.45) is 18.3. The molecule has 0 nitrogen and oxygen atoms in total. The highest BCUT2D eigenvalue weighted by molar-refractivity contribution is 8.21. The minimum Gasteiger partial charge on any atom is -0.143 e. The molecule has 0 amide bonds. The molecule has 4 saturated carbocycles. The van der Waals surface area contributed by atoms with Crippen LogP contribution in [0.5, 0.6) is 0 Å². The molecule has 0 radical (unpaired) electrons. The fraction of sp³-hybridized carbons (Fsp3) is 1.00. The summed E-state index contributed by atoms with van der Waals surface area (Å²) < 4.78 is 0.629. The molecule has 0 aromatic carbocycles. The standard InChI is InChI=1S/C29H50S2/c1-20(2)7-6-8-21(3)24-11-12-25-23-10-9-22-19-29(30-17-18-31-29)16-15-27(22,4)26(23)13-14-28(24,25)5/h20-26H,6-19H2,1-5H3/t21-,22+,23+,24-,25+,26+,27+,28-/m1/s1. The van der Waals surface area contributed by atoms with Crippen molar-refractivity contribution in [1.82, 2.24) is 0 Å². The van der Waals surface area contributed by atoms with Gasteiger partial charge in [0.2, 0.25) is 0 Å². The monoisotopic (exact) mass is 462 g/mol. The van der Waals surface area contributed by atoms with Crippen LogP contribution in [0.1, 0.15) is 112 Å². The zero-order valence-electron chi connectivity index (χ0n) is 21.3. The van der Waals surface area contributed by atoms with Crippen molar-refractivity contribution in [2.75, 3.05) is 11.5 Å². The van der Waals surface area contributed by atoms with E-state index in [2.05, 4.69) is 58.1 Å². The van der Waals surface area contributed by atoms with Gasteiger partial charge in [0.1, 0.15) is 0 Å². The molecule has 5 rings (SSSR count). The lowest BCUT2D eigenvalue weighted by molar-refractivity contribution is -0.114. The van der Waals surface area contributed by atoms with Crippen molar-refractivity contribution in [3.05, 3.63) is 0 Å². The molecule has 31 heavy (non-hydrogen) atoms. The minimum absolute atomic E-state index is 0.629. The van der Waals surface area contributed by atoms with E-state index >= 15 is 0 Å². The van der Waals surface area contributed by atoms with Gasteiger partial charge in [-0.3, -0.25) is 0 Å². The Kier molecular flexibility index (Phi) is 6.60. The third kappa shape index (κ3) is 3.98. The van der Waals surface area contributed by atoms with Crippen LogP contribution < -0.4 is 0 Å². The van der Waals surface area contributed by atoms with E-state index in [0.717, 1.165) is 41.4 Å². The highest BCUT2D eigenvalue weighted by Crippen LogP contribution is 2.70. The molecule has 178 valence electrons. The molecule has 0 unspecified atom stereocenters. The maximum Gasteiger partial charge on any atom is 0.0614 e. The number of hydrogen-bond acceptors (Lipinski definition) is 2. The molecule has 1 aliphatic heterocycles. The lowest BCUT2D eigenvalue weighted by atomic mass is 9.44. The van der Waals surface area contributed by atoms with E-state index in [1.165, 1.54) is 43.6 Å². The van der Waals surface area contributed by atoms with Crippen LogP contribution >= 0.6 is 23.5 Å². The quantitative estimate of drug-likeness (QED) is 0.399. The Labute approximate surface area is 202 Å². The van der Waals surface area contributed by atoms with E-state index in [9.17, 15) is 0 Å². The number of rotatable bonds is 5. The molecule has 1 spiro atoms. The van der Waals surface area contributed by atoms with Gasteiger partial charge in [0.15, 0.2) is 0 Å². The van der Waals surface area contributed by atoms with Gasteiger partial charge >= 0.3 is 0 Å². The van der Waals surface area contributed by atoms with Crippen LogP contribution in [0.2, 0.25) is 0 Å². The first kappa shape index (κ1) is 23.4. The van der Waals surface area contributed by atoms with E-state index < -0.39 is 0 Å². The zero-order chi connectivity index (χ0) is 21.9. The summed E-state index contributed by atoms with van der Waals surface area (Å²) >= 11 is 4.68. The van der Waals surface area contributed by atoms with Crippen molar-refractivity contribution in [1.29, 1.82) is 0 Å². The van der Waals surface area contributed by atoms with Gasteiger partial charge < -0.3 is 0 Å². The molecule has 4 aliphatic carbocycles. The molecule has 1 saturated heterocycles. The Morgan fingerprint density at radius 1 is 0.774 bits per heavy atom. The Morgan fingerprint density at radius 3 is 2.26 bits per heavy atom. The highest BCUT2D eigenvalue weighted by atomic mass is 32.2. The molecule has 0 N–H and O–H groups in total. The predicted molar refractivity (Wildman–Crippen MR) is 141 cm³/mol. The first-order valence-electron chi connectivity index (χ1n) is 14.1. The van der Waals surface area contributed by atoms with E-state index in [1.807, 2.05) is 0 Å². The number of hydrogen-bond donors (Lipinski definition) is 0. The summed E-state index contributed by atoms with van der Waals surface area (Å²) in [6, 6.07) is 0. The van der Waals surface area contributed by atoms with Crippen LogP contribution in [0, 0.1) is 52.3 Å². The van der Waals surface area contributed by atoms with Gasteiger partial charge in [0, 0.05) is 11.5 Å². The molecule has 5 aliphatic rings. The number of thioether (sulfide) groups is 2. The second kappa shape index (κ2) is 8.73. The van der Waals surface area contributed by atoms with Crippen molar-refractivity contribution in [3.8, 4) is 0 Å². The molecule has 0 aromatic heterocycles. The predicted octanol–water partition coefficient (Wildman–Crippen LogP) is 9.28. The average Bonchev–Trinajstić information content (AvgIpc) is 3.32. The summed E-state index contributed by atoms with van der Waals surface area (Å²) in [7, 11) is 0. The second-order valence-corrected chi connectivity index (χ2v) is 16.7. The fourth-order valence-corrected chi connectivity index (χ4v) is 13.4. The largest absolute Gasteiger partial charge is 0.143 e. The van der Waals surface area contributed by atoms with Gasteiger partial charge in [-0.1, -0.05) is 53.9 Å². The van der Waals surface area contributed by atoms with Crippen LogP contribution in [0.25, 0.3) is 0 Å². The van der Waals surface area contributed by atoms with Crippen molar-refractivity contribution in [3.63, 3.8) is 0 Å². The summed E-state index contributed by atoms with van der Waals surface area (Å²) in [5.74, 6) is 9.85. The van der Waals surface area contributed by atoms with Gasteiger partial charge in [0.25, 0.3) is 0 Å². The lowest BCUT2D eigenvalue weighted by Crippen LogP contribution is -2.55. The summed E-state index contributed by atoms with van der Waals surface area (Å²) in [5.41, 5.74) is 1.33. The van der Waals surface area contributed by atoms with E-state index in [4.69, 9.17) is 0 Å². The normalized spacial score (nSPS) is 47.2. The molecule has 2 heteroatoms. The van der Waals surface area contributed by atoms with Gasteiger partial charge in [-0.25, -0.2) is 0 Å². The molecule has 1 heterocycles. The molecular weight excluding hydrogens is 412 g/mol. The molecule has 0 bridgehead atoms. The smallest absolute Gasteiger partial charge is 0.0614 e. The SMILES string of the molecule is CC(C)CCC[C@@H](C)[C@H]1CC[C@H]2[C@@H]3CC[C@H]4CC5(CC[C@]4(C)[C@H]3CC[C@]12C)SCCS5. The first-order valence-corrected chi connectivity index (χ1v) is 16.0. The Hall–Kier alpha value is 0.700. The van der Waals surface area contributed by atoms with Crippen LogP contribution in [0.4, 0.5) is 0 Å². The summed E-state index contributed by atoms with van der Waals surface area (Å²) in [4.78, 5) is 0. The van der Waals surface area contributed by atoms with Crippen molar-refractivity contribution in [2.45, 2.75) is 116 Å². The van der Waals surface area contributed by atoms with Crippen molar-refractivity contribution < 1.29 is 0 Å². The van der Waals surface area contributed by atoms with Crippen molar-refractivity contribution >= 4 is 23.5 Å². The summed E-state index contributed by atoms with van der Waals surface area (Å²) in [5, 5.41) is 0. The lowest BCUT2D eigenvalue weighted by Gasteiger charge is -2.62. The molecule has 0 aromatic rings. The summed E-state index contributed by atoms with van der Waals surface area (Å²) in [6.45, 7) is 13.0. The van der Waals surface area contributed by atoms with Gasteiger partial charge in [-0.2, -0.15) is 0 Å². The van der Waals surface area contributed by atoms with Crippen LogP contribution in [-0.4, -0.2) is 15.6 Å². The van der Waals surface area contributed by atoms with Gasteiger partial charge in [-0.05, 0) is 110 Å². The number of fused-ring (bicyclic) bond motifs is 5. The maximum absolute atomic E-state index is 2.77. The minimum atomic E-state index is 0.629. The van der Waals surface area contributed by atoms with Gasteiger partial charge in [0.05, 0.1) is 4.08 Å². The Balaban J connectivity index is 1.28. The van der Waals surface area contributed by atoms with Gasteiger partial charge in [-0.15, -0.1) is 23.5 Å². The van der Waals surface area contributed by atoms with Crippen LogP contribution in [-0.2, 0) is 0 Å². The van der Waals surface area contributed by atoms with E-state index in [0.29, 0.717) is 14.9 Å². The zero-order valence-corrected chi connectivity index (χ0v) is 22.9. The topological polar surface area (TPSA) is 0 Å². The Bertz CT molecular complexity index is 637. The third-order valence-corrected chi connectivity index (χ3v) is 15.3. The van der Waals surface area contributed by atoms with Crippen LogP contribution in [0.15, 0.2) is 0 Å². The maximum atomic E-state index is 2.77. The average molecular weight is 463 g/mol. The molecule has 8 atom stereocenters. The highest BCUT2D eigenvalue weighted by Gasteiger charge is 2.62.